The predicted molar refractivity (Wildman–Crippen MR) is 103 cm³/mol. The first-order chi connectivity index (χ1) is 11.9. The van der Waals surface area contributed by atoms with E-state index in [1.54, 1.807) is 17.8 Å². The molecular formula is C15H22ClN3O5S2. The van der Waals surface area contributed by atoms with Crippen molar-refractivity contribution in [2.24, 2.45) is 0 Å². The van der Waals surface area contributed by atoms with Gasteiger partial charge in [-0.05, 0) is 18.2 Å². The van der Waals surface area contributed by atoms with E-state index in [0.717, 1.165) is 18.1 Å². The molecular weight excluding hydrogens is 402 g/mol. The van der Waals surface area contributed by atoms with Gasteiger partial charge >= 0.3 is 5.97 Å². The second-order valence-corrected chi connectivity index (χ2v) is 8.32. The highest BCUT2D eigenvalue weighted by Crippen LogP contribution is 2.16. The van der Waals surface area contributed by atoms with Crippen LogP contribution in [0.2, 0.25) is 0 Å². The SMILES string of the molecule is COC(=O)CNS(=O)(=O)c1cccc(NC(=O)CC2CSCCN2)c1.Cl. The smallest absolute Gasteiger partial charge is 0.320 e. The summed E-state index contributed by atoms with van der Waals surface area (Å²) in [6, 6.07) is 5.99. The Bertz CT molecular complexity index is 724. The van der Waals surface area contributed by atoms with Gasteiger partial charge in [0.2, 0.25) is 15.9 Å². The standard InChI is InChI=1S/C15H21N3O5S2.ClH/c1-23-15(20)9-17-25(21,22)13-4-2-3-11(7-13)18-14(19)8-12-10-24-6-5-16-12;/h2-4,7,12,16-17H,5-6,8-10H2,1H3,(H,18,19);1H. The fraction of sp³-hybridized carbons (Fsp3) is 0.467. The molecule has 0 aliphatic carbocycles. The number of amides is 1. The Labute approximate surface area is 163 Å². The van der Waals surface area contributed by atoms with Crippen LogP contribution in [-0.2, 0) is 24.3 Å². The molecule has 1 unspecified atom stereocenters. The number of carbonyl (C=O) groups is 2. The van der Waals surface area contributed by atoms with Crippen molar-refractivity contribution in [1.29, 1.82) is 0 Å². The molecule has 1 aromatic carbocycles. The second-order valence-electron chi connectivity index (χ2n) is 5.41. The fourth-order valence-electron chi connectivity index (χ4n) is 2.24. The maximum absolute atomic E-state index is 12.2. The highest BCUT2D eigenvalue weighted by atomic mass is 35.5. The number of rotatable bonds is 7. The lowest BCUT2D eigenvalue weighted by Gasteiger charge is -2.22. The average Bonchev–Trinajstić information content (AvgIpc) is 2.60. The maximum atomic E-state index is 12.2. The molecule has 1 amide bonds. The van der Waals surface area contributed by atoms with Gasteiger partial charge in [0.1, 0.15) is 6.54 Å². The lowest BCUT2D eigenvalue weighted by atomic mass is 10.2. The lowest BCUT2D eigenvalue weighted by Crippen LogP contribution is -2.39. The van der Waals surface area contributed by atoms with Crippen molar-refractivity contribution in [2.75, 3.05) is 37.0 Å². The summed E-state index contributed by atoms with van der Waals surface area (Å²) in [5.41, 5.74) is 0.384. The Morgan fingerprint density at radius 3 is 2.81 bits per heavy atom. The highest BCUT2D eigenvalue weighted by molar-refractivity contribution is 7.99. The van der Waals surface area contributed by atoms with Gasteiger partial charge in [-0.25, -0.2) is 8.42 Å². The number of sulfonamides is 1. The zero-order chi connectivity index (χ0) is 18.3. The molecule has 2 rings (SSSR count). The molecule has 11 heteroatoms. The topological polar surface area (TPSA) is 114 Å². The van der Waals surface area contributed by atoms with Crippen LogP contribution in [0.15, 0.2) is 29.2 Å². The Hall–Kier alpha value is -1.33. The number of anilines is 1. The van der Waals surface area contributed by atoms with E-state index in [2.05, 4.69) is 20.1 Å². The molecule has 0 bridgehead atoms. The molecule has 0 spiro atoms. The Morgan fingerprint density at radius 2 is 2.15 bits per heavy atom. The lowest BCUT2D eigenvalue weighted by molar-refractivity contribution is -0.139. The van der Waals surface area contributed by atoms with Crippen LogP contribution in [0.5, 0.6) is 0 Å². The summed E-state index contributed by atoms with van der Waals surface area (Å²) < 4.78 is 30.9. The van der Waals surface area contributed by atoms with Gasteiger partial charge in [0.15, 0.2) is 0 Å². The van der Waals surface area contributed by atoms with Crippen molar-refractivity contribution >= 4 is 51.8 Å². The second kappa shape index (κ2) is 10.7. The largest absolute Gasteiger partial charge is 0.468 e. The summed E-state index contributed by atoms with van der Waals surface area (Å²) in [7, 11) is -2.70. The normalized spacial score (nSPS) is 17.0. The van der Waals surface area contributed by atoms with Gasteiger partial charge in [-0.3, -0.25) is 9.59 Å². The summed E-state index contributed by atoms with van der Waals surface area (Å²) in [5.74, 6) is 1.04. The maximum Gasteiger partial charge on any atom is 0.320 e. The average molecular weight is 424 g/mol. The van der Waals surface area contributed by atoms with Gasteiger partial charge in [0.25, 0.3) is 0 Å². The van der Waals surface area contributed by atoms with Crippen LogP contribution in [0.25, 0.3) is 0 Å². The molecule has 1 aliphatic rings. The quantitative estimate of drug-likeness (QED) is 0.550. The first-order valence-corrected chi connectivity index (χ1v) is 10.3. The number of nitrogens with one attached hydrogen (secondary N) is 3. The molecule has 1 heterocycles. The minimum absolute atomic E-state index is 0. The van der Waals surface area contributed by atoms with E-state index in [1.807, 2.05) is 0 Å². The van der Waals surface area contributed by atoms with Crippen LogP contribution in [0, 0.1) is 0 Å². The molecule has 1 aromatic rings. The third kappa shape index (κ3) is 7.12. The molecule has 146 valence electrons. The summed E-state index contributed by atoms with van der Waals surface area (Å²) in [6.07, 6.45) is 0.324. The van der Waals surface area contributed by atoms with Gasteiger partial charge in [-0.15, -0.1) is 12.4 Å². The van der Waals surface area contributed by atoms with E-state index >= 15 is 0 Å². The zero-order valence-electron chi connectivity index (χ0n) is 14.2. The van der Waals surface area contributed by atoms with Gasteiger partial charge < -0.3 is 15.4 Å². The number of methoxy groups -OCH3 is 1. The minimum Gasteiger partial charge on any atom is -0.468 e. The summed E-state index contributed by atoms with van der Waals surface area (Å²) in [4.78, 5) is 23.1. The van der Waals surface area contributed by atoms with Crippen molar-refractivity contribution in [2.45, 2.75) is 17.4 Å². The van der Waals surface area contributed by atoms with Crippen LogP contribution in [0.3, 0.4) is 0 Å². The van der Waals surface area contributed by atoms with Crippen LogP contribution < -0.4 is 15.4 Å². The van der Waals surface area contributed by atoms with E-state index < -0.39 is 22.5 Å². The number of thioether (sulfide) groups is 1. The van der Waals surface area contributed by atoms with Crippen molar-refractivity contribution in [1.82, 2.24) is 10.0 Å². The third-order valence-corrected chi connectivity index (χ3v) is 6.02. The van der Waals surface area contributed by atoms with Crippen LogP contribution in [0.4, 0.5) is 5.69 Å². The summed E-state index contributed by atoms with van der Waals surface area (Å²) >= 11 is 1.80. The van der Waals surface area contributed by atoms with Crippen LogP contribution in [0.1, 0.15) is 6.42 Å². The molecule has 0 saturated carbocycles. The summed E-state index contributed by atoms with van der Waals surface area (Å²) in [5, 5.41) is 5.98. The number of benzene rings is 1. The predicted octanol–water partition coefficient (Wildman–Crippen LogP) is 0.593. The van der Waals surface area contributed by atoms with Crippen LogP contribution in [-0.4, -0.2) is 58.0 Å². The van der Waals surface area contributed by atoms with Gasteiger partial charge in [0, 0.05) is 36.2 Å². The van der Waals surface area contributed by atoms with E-state index in [-0.39, 0.29) is 29.3 Å². The molecule has 1 saturated heterocycles. The number of carbonyl (C=O) groups excluding carboxylic acids is 2. The number of hydrogen-bond donors (Lipinski definition) is 3. The zero-order valence-corrected chi connectivity index (χ0v) is 16.6. The molecule has 1 fully saturated rings. The molecule has 1 aliphatic heterocycles. The molecule has 0 aromatic heterocycles. The molecule has 3 N–H and O–H groups in total. The Kier molecular flexibility index (Phi) is 9.37. The number of hydrogen-bond acceptors (Lipinski definition) is 7. The van der Waals surface area contributed by atoms with Crippen molar-refractivity contribution < 1.29 is 22.7 Å². The third-order valence-electron chi connectivity index (χ3n) is 3.49. The van der Waals surface area contributed by atoms with Gasteiger partial charge in [-0.2, -0.15) is 16.5 Å². The monoisotopic (exact) mass is 423 g/mol. The van der Waals surface area contributed by atoms with E-state index in [0.29, 0.717) is 12.1 Å². The Balaban J connectivity index is 0.00000338. The number of ether oxygens (including phenoxy) is 1. The van der Waals surface area contributed by atoms with Crippen molar-refractivity contribution in [3.8, 4) is 0 Å². The minimum atomic E-state index is -3.87. The van der Waals surface area contributed by atoms with E-state index in [4.69, 9.17) is 0 Å². The van der Waals surface area contributed by atoms with E-state index in [9.17, 15) is 18.0 Å². The van der Waals surface area contributed by atoms with Crippen LogP contribution >= 0.6 is 24.2 Å². The first kappa shape index (κ1) is 22.7. The molecule has 0 radical (unpaired) electrons. The highest BCUT2D eigenvalue weighted by Gasteiger charge is 2.19. The van der Waals surface area contributed by atoms with Crippen molar-refractivity contribution in [3.05, 3.63) is 24.3 Å². The van der Waals surface area contributed by atoms with E-state index in [1.165, 1.54) is 25.3 Å². The molecule has 26 heavy (non-hydrogen) atoms. The molecule has 1 atom stereocenters. The van der Waals surface area contributed by atoms with Gasteiger partial charge in [0.05, 0.1) is 12.0 Å². The summed E-state index contributed by atoms with van der Waals surface area (Å²) in [6.45, 7) is 0.419. The number of esters is 1. The Morgan fingerprint density at radius 1 is 1.38 bits per heavy atom. The van der Waals surface area contributed by atoms with Gasteiger partial charge in [-0.1, -0.05) is 6.07 Å². The fourth-order valence-corrected chi connectivity index (χ4v) is 4.20. The molecule has 8 nitrogen and oxygen atoms in total. The van der Waals surface area contributed by atoms with Crippen molar-refractivity contribution in [3.63, 3.8) is 0 Å². The first-order valence-electron chi connectivity index (χ1n) is 7.68. The number of halogens is 1.